The summed E-state index contributed by atoms with van der Waals surface area (Å²) in [6.45, 7) is -0.0212. The maximum absolute atomic E-state index is 13.1. The fourth-order valence-corrected chi connectivity index (χ4v) is 2.77. The van der Waals surface area contributed by atoms with Gasteiger partial charge in [-0.1, -0.05) is 42.5 Å². The number of ketones is 1. The van der Waals surface area contributed by atoms with Gasteiger partial charge in [-0.3, -0.25) is 14.4 Å². The van der Waals surface area contributed by atoms with Crippen LogP contribution in [-0.4, -0.2) is 41.5 Å². The van der Waals surface area contributed by atoms with Crippen LogP contribution in [0.1, 0.15) is 35.2 Å². The summed E-state index contributed by atoms with van der Waals surface area (Å²) < 4.78 is 18.0. The first-order valence-electron chi connectivity index (χ1n) is 8.90. The molecule has 1 aliphatic rings. The van der Waals surface area contributed by atoms with Gasteiger partial charge >= 0.3 is 5.97 Å². The predicted octanol–water partition coefficient (Wildman–Crippen LogP) is 2.97. The highest BCUT2D eigenvalue weighted by atomic mass is 19.1. The number of ether oxygens (including phenoxy) is 1. The Bertz CT molecular complexity index is 912. The fraction of sp³-hybridized carbons (Fsp3) is 0.238. The summed E-state index contributed by atoms with van der Waals surface area (Å²) in [7, 11) is 0. The first-order valence-corrected chi connectivity index (χ1v) is 8.90. The third kappa shape index (κ3) is 5.09. The number of nitrogens with zero attached hydrogens (tertiary/aromatic N) is 2. The van der Waals surface area contributed by atoms with Crippen LogP contribution in [-0.2, 0) is 14.3 Å². The molecule has 0 bridgehead atoms. The highest BCUT2D eigenvalue weighted by Crippen LogP contribution is 2.15. The minimum absolute atomic E-state index is 0.0570. The van der Waals surface area contributed by atoms with E-state index in [1.165, 1.54) is 23.2 Å². The van der Waals surface area contributed by atoms with Gasteiger partial charge in [0.25, 0.3) is 0 Å². The molecular formula is C21H19FN2O4. The molecule has 6 nitrogen and oxygen atoms in total. The quantitative estimate of drug-likeness (QED) is 0.545. The molecule has 0 fully saturated rings. The largest absolute Gasteiger partial charge is 0.457 e. The van der Waals surface area contributed by atoms with Gasteiger partial charge in [0.15, 0.2) is 12.4 Å². The van der Waals surface area contributed by atoms with Crippen LogP contribution in [0.4, 0.5) is 4.39 Å². The number of hydrogen-bond acceptors (Lipinski definition) is 5. The minimum atomic E-state index is -0.662. The maximum atomic E-state index is 13.1. The first kappa shape index (κ1) is 19.4. The molecule has 0 aliphatic carbocycles. The van der Waals surface area contributed by atoms with Crippen LogP contribution >= 0.6 is 0 Å². The first-order chi connectivity index (χ1) is 13.5. The molecule has 28 heavy (non-hydrogen) atoms. The number of Topliss-reactive ketones (excluding diaryl/α,β-unsaturated/α-hetero) is 1. The molecule has 0 N–H and O–H groups in total. The standard InChI is InChI=1S/C21H19FN2O4/c22-17-8-4-7-16(13-17)19(25)14-28-21(27)10-9-20(26)24-12-11-18(23-24)15-5-2-1-3-6-15/h1-8,13H,9-12,14H2. The molecule has 0 unspecified atom stereocenters. The van der Waals surface area contributed by atoms with Crippen LogP contribution in [0.2, 0.25) is 0 Å². The lowest BCUT2D eigenvalue weighted by molar-refractivity contribution is -0.145. The molecule has 1 aliphatic heterocycles. The third-order valence-electron chi connectivity index (χ3n) is 4.25. The second-order valence-corrected chi connectivity index (χ2v) is 6.27. The third-order valence-corrected chi connectivity index (χ3v) is 4.25. The number of esters is 1. The van der Waals surface area contributed by atoms with Crippen LogP contribution in [0.25, 0.3) is 0 Å². The number of carbonyl (C=O) groups is 3. The van der Waals surface area contributed by atoms with Crippen LogP contribution in [0.3, 0.4) is 0 Å². The topological polar surface area (TPSA) is 76.0 Å². The van der Waals surface area contributed by atoms with Crippen molar-refractivity contribution in [3.8, 4) is 0 Å². The van der Waals surface area contributed by atoms with Gasteiger partial charge in [0.2, 0.25) is 5.91 Å². The summed E-state index contributed by atoms with van der Waals surface area (Å²) in [6.07, 6.45) is 0.447. The molecule has 0 atom stereocenters. The highest BCUT2D eigenvalue weighted by molar-refractivity contribution is 6.02. The Morgan fingerprint density at radius 1 is 1.04 bits per heavy atom. The van der Waals surface area contributed by atoms with Crippen molar-refractivity contribution in [1.82, 2.24) is 5.01 Å². The number of hydrogen-bond donors (Lipinski definition) is 0. The molecule has 144 valence electrons. The Morgan fingerprint density at radius 3 is 2.57 bits per heavy atom. The van der Waals surface area contributed by atoms with E-state index in [1.807, 2.05) is 30.3 Å². The molecular weight excluding hydrogens is 363 g/mol. The molecule has 0 aromatic heterocycles. The van der Waals surface area contributed by atoms with Crippen LogP contribution in [0, 0.1) is 5.82 Å². The zero-order chi connectivity index (χ0) is 19.9. The molecule has 2 aromatic carbocycles. The zero-order valence-electron chi connectivity index (χ0n) is 15.1. The molecule has 1 heterocycles. The van der Waals surface area contributed by atoms with E-state index in [9.17, 15) is 18.8 Å². The van der Waals surface area contributed by atoms with Crippen molar-refractivity contribution < 1.29 is 23.5 Å². The van der Waals surface area contributed by atoms with Gasteiger partial charge in [-0.15, -0.1) is 0 Å². The number of rotatable bonds is 7. The number of hydrazone groups is 1. The molecule has 0 saturated heterocycles. The van der Waals surface area contributed by atoms with Gasteiger partial charge in [0.05, 0.1) is 18.7 Å². The molecule has 0 radical (unpaired) electrons. The van der Waals surface area contributed by atoms with Gasteiger partial charge < -0.3 is 4.74 Å². The van der Waals surface area contributed by atoms with Crippen molar-refractivity contribution in [2.75, 3.05) is 13.2 Å². The summed E-state index contributed by atoms with van der Waals surface area (Å²) >= 11 is 0. The van der Waals surface area contributed by atoms with E-state index in [-0.39, 0.29) is 24.3 Å². The smallest absolute Gasteiger partial charge is 0.306 e. The van der Waals surface area contributed by atoms with E-state index >= 15 is 0 Å². The van der Waals surface area contributed by atoms with Gasteiger partial charge in [0.1, 0.15) is 5.82 Å². The Morgan fingerprint density at radius 2 is 1.82 bits per heavy atom. The van der Waals surface area contributed by atoms with Gasteiger partial charge in [-0.25, -0.2) is 9.40 Å². The second kappa shape index (κ2) is 9.03. The van der Waals surface area contributed by atoms with E-state index in [0.29, 0.717) is 13.0 Å². The molecule has 3 rings (SSSR count). The molecule has 2 aromatic rings. The zero-order valence-corrected chi connectivity index (χ0v) is 15.1. The maximum Gasteiger partial charge on any atom is 0.306 e. The van der Waals surface area contributed by atoms with Gasteiger partial charge in [0, 0.05) is 18.4 Å². The van der Waals surface area contributed by atoms with E-state index < -0.39 is 24.2 Å². The van der Waals surface area contributed by atoms with Crippen molar-refractivity contribution in [2.24, 2.45) is 5.10 Å². The summed E-state index contributed by atoms with van der Waals surface area (Å²) in [5.74, 6) is -1.98. The number of halogens is 1. The van der Waals surface area contributed by atoms with E-state index in [4.69, 9.17) is 4.74 Å². The number of carbonyl (C=O) groups excluding carboxylic acids is 3. The Hall–Kier alpha value is -3.35. The van der Waals surface area contributed by atoms with Crippen LogP contribution < -0.4 is 0 Å². The van der Waals surface area contributed by atoms with Crippen molar-refractivity contribution in [3.05, 3.63) is 71.5 Å². The summed E-state index contributed by atoms with van der Waals surface area (Å²) in [4.78, 5) is 35.9. The number of benzene rings is 2. The summed E-state index contributed by atoms with van der Waals surface area (Å²) in [5, 5.41) is 5.67. The minimum Gasteiger partial charge on any atom is -0.457 e. The molecule has 0 spiro atoms. The van der Waals surface area contributed by atoms with Gasteiger partial charge in [-0.2, -0.15) is 5.10 Å². The SMILES string of the molecule is O=C(CCC(=O)N1CCC(c2ccccc2)=N1)OCC(=O)c1cccc(F)c1. The lowest BCUT2D eigenvalue weighted by Crippen LogP contribution is -2.24. The average Bonchev–Trinajstić information content (AvgIpc) is 3.21. The predicted molar refractivity (Wildman–Crippen MR) is 100 cm³/mol. The highest BCUT2D eigenvalue weighted by Gasteiger charge is 2.22. The molecule has 1 amide bonds. The van der Waals surface area contributed by atoms with Crippen molar-refractivity contribution in [3.63, 3.8) is 0 Å². The van der Waals surface area contributed by atoms with Crippen LogP contribution in [0.15, 0.2) is 59.7 Å². The average molecular weight is 382 g/mol. The second-order valence-electron chi connectivity index (χ2n) is 6.27. The normalized spacial score (nSPS) is 13.2. The Kier molecular flexibility index (Phi) is 6.26. The molecule has 7 heteroatoms. The van der Waals surface area contributed by atoms with E-state index in [1.54, 1.807) is 0 Å². The van der Waals surface area contributed by atoms with Crippen molar-refractivity contribution in [2.45, 2.75) is 19.3 Å². The lowest BCUT2D eigenvalue weighted by Gasteiger charge is -2.11. The summed E-state index contributed by atoms with van der Waals surface area (Å²) in [5.41, 5.74) is 1.93. The Balaban J connectivity index is 1.44. The van der Waals surface area contributed by atoms with Crippen molar-refractivity contribution >= 4 is 23.4 Å². The van der Waals surface area contributed by atoms with E-state index in [0.717, 1.165) is 17.3 Å². The monoisotopic (exact) mass is 382 g/mol. The van der Waals surface area contributed by atoms with Crippen LogP contribution in [0.5, 0.6) is 0 Å². The lowest BCUT2D eigenvalue weighted by atomic mass is 10.1. The summed E-state index contributed by atoms with van der Waals surface area (Å²) in [6, 6.07) is 14.7. The van der Waals surface area contributed by atoms with Gasteiger partial charge in [-0.05, 0) is 17.7 Å². The van der Waals surface area contributed by atoms with E-state index in [2.05, 4.69) is 5.10 Å². The Labute approximate surface area is 161 Å². The molecule has 0 saturated carbocycles. The number of amides is 1. The van der Waals surface area contributed by atoms with Crippen molar-refractivity contribution in [1.29, 1.82) is 0 Å². The fourth-order valence-electron chi connectivity index (χ4n) is 2.77.